The Morgan fingerprint density at radius 1 is 1.31 bits per heavy atom. The number of nitrogens with zero attached hydrogens (tertiary/aromatic N) is 2. The average molecular weight is 405 g/mol. The Morgan fingerprint density at radius 2 is 1.92 bits per heavy atom. The lowest BCUT2D eigenvalue weighted by molar-refractivity contribution is -0.132. The number of likely N-dealkylation sites (tertiary alicyclic amines) is 1. The standard InChI is InChI=1S/C16H24N4O4S.ClH/c1-12(21)18-14-5-7-15(8-6-14)25(23,24)19(2)11-16(22)20-9-3-4-13(17)10-20;/h5-8,13H,3-4,9-11,17H2,1-2H3,(H,18,21);1H. The summed E-state index contributed by atoms with van der Waals surface area (Å²) in [6, 6.07) is 5.76. The van der Waals surface area contributed by atoms with Gasteiger partial charge in [-0.05, 0) is 37.1 Å². The monoisotopic (exact) mass is 404 g/mol. The lowest BCUT2D eigenvalue weighted by Gasteiger charge is -2.31. The molecule has 0 saturated carbocycles. The number of hydrogen-bond acceptors (Lipinski definition) is 5. The van der Waals surface area contributed by atoms with Crippen LogP contribution in [0.4, 0.5) is 5.69 Å². The summed E-state index contributed by atoms with van der Waals surface area (Å²) < 4.78 is 26.2. The largest absolute Gasteiger partial charge is 0.340 e. The van der Waals surface area contributed by atoms with E-state index in [9.17, 15) is 18.0 Å². The first-order valence-electron chi connectivity index (χ1n) is 8.07. The Morgan fingerprint density at radius 3 is 2.46 bits per heavy atom. The van der Waals surface area contributed by atoms with Gasteiger partial charge in [0.05, 0.1) is 11.4 Å². The van der Waals surface area contributed by atoms with Crippen LogP contribution in [-0.4, -0.2) is 62.2 Å². The lowest BCUT2D eigenvalue weighted by Crippen LogP contribution is -2.49. The first-order chi connectivity index (χ1) is 11.7. The molecule has 0 spiro atoms. The minimum Gasteiger partial charge on any atom is -0.340 e. The molecule has 2 rings (SSSR count). The van der Waals surface area contributed by atoms with E-state index in [4.69, 9.17) is 5.73 Å². The smallest absolute Gasteiger partial charge is 0.243 e. The number of halogens is 1. The van der Waals surface area contributed by atoms with Gasteiger partial charge in [0.2, 0.25) is 21.8 Å². The van der Waals surface area contributed by atoms with Gasteiger partial charge >= 0.3 is 0 Å². The molecule has 1 unspecified atom stereocenters. The molecule has 1 atom stereocenters. The molecule has 1 aliphatic heterocycles. The van der Waals surface area contributed by atoms with Gasteiger partial charge < -0.3 is 16.0 Å². The SMILES string of the molecule is CC(=O)Nc1ccc(S(=O)(=O)N(C)CC(=O)N2CCCC(N)C2)cc1.Cl. The van der Waals surface area contributed by atoms with Crippen molar-refractivity contribution in [3.8, 4) is 0 Å². The van der Waals surface area contributed by atoms with Crippen LogP contribution in [0.15, 0.2) is 29.2 Å². The van der Waals surface area contributed by atoms with Gasteiger partial charge in [-0.2, -0.15) is 4.31 Å². The first-order valence-corrected chi connectivity index (χ1v) is 9.51. The van der Waals surface area contributed by atoms with Crippen molar-refractivity contribution in [3.05, 3.63) is 24.3 Å². The zero-order chi connectivity index (χ0) is 18.6. The van der Waals surface area contributed by atoms with Crippen LogP contribution < -0.4 is 11.1 Å². The van der Waals surface area contributed by atoms with E-state index in [1.54, 1.807) is 4.90 Å². The van der Waals surface area contributed by atoms with E-state index in [1.165, 1.54) is 38.2 Å². The Hall–Kier alpha value is -1.68. The predicted octanol–water partition coefficient (Wildman–Crippen LogP) is 0.637. The normalized spacial score (nSPS) is 17.5. The third-order valence-electron chi connectivity index (χ3n) is 4.05. The Balaban J connectivity index is 0.00000338. The van der Waals surface area contributed by atoms with Gasteiger partial charge in [0.15, 0.2) is 0 Å². The molecule has 1 fully saturated rings. The number of rotatable bonds is 5. The fourth-order valence-corrected chi connectivity index (χ4v) is 3.83. The molecule has 0 radical (unpaired) electrons. The summed E-state index contributed by atoms with van der Waals surface area (Å²) in [5.74, 6) is -0.492. The van der Waals surface area contributed by atoms with Crippen molar-refractivity contribution in [2.45, 2.75) is 30.7 Å². The van der Waals surface area contributed by atoms with E-state index in [0.29, 0.717) is 18.8 Å². The van der Waals surface area contributed by atoms with Gasteiger partial charge in [-0.25, -0.2) is 8.42 Å². The third kappa shape index (κ3) is 5.66. The Labute approximate surface area is 160 Å². The summed E-state index contributed by atoms with van der Waals surface area (Å²) in [5, 5.41) is 2.57. The summed E-state index contributed by atoms with van der Waals surface area (Å²) in [6.07, 6.45) is 1.70. The van der Waals surface area contributed by atoms with E-state index >= 15 is 0 Å². The lowest BCUT2D eigenvalue weighted by atomic mass is 10.1. The number of nitrogens with two attached hydrogens (primary N) is 1. The molecule has 10 heteroatoms. The summed E-state index contributed by atoms with van der Waals surface area (Å²) in [4.78, 5) is 25.0. The molecule has 0 aliphatic carbocycles. The van der Waals surface area contributed by atoms with Crippen molar-refractivity contribution in [1.29, 1.82) is 0 Å². The molecular formula is C16H25ClN4O4S. The summed E-state index contributed by atoms with van der Waals surface area (Å²) in [7, 11) is -2.42. The number of amides is 2. The van der Waals surface area contributed by atoms with Crippen LogP contribution in [0.3, 0.4) is 0 Å². The molecule has 1 aliphatic rings. The van der Waals surface area contributed by atoms with Crippen molar-refractivity contribution in [2.24, 2.45) is 5.73 Å². The predicted molar refractivity (Wildman–Crippen MR) is 102 cm³/mol. The molecule has 2 amide bonds. The molecule has 1 aromatic rings. The Kier molecular flexibility index (Phi) is 8.01. The number of likely N-dealkylation sites (N-methyl/N-ethyl adjacent to an activating group) is 1. The minimum absolute atomic E-state index is 0. The second-order valence-corrected chi connectivity index (χ2v) is 8.25. The molecule has 0 bridgehead atoms. The molecule has 3 N–H and O–H groups in total. The van der Waals surface area contributed by atoms with Crippen molar-refractivity contribution in [2.75, 3.05) is 32.0 Å². The van der Waals surface area contributed by atoms with E-state index < -0.39 is 10.0 Å². The number of anilines is 1. The highest BCUT2D eigenvalue weighted by molar-refractivity contribution is 7.89. The number of hydrogen-bond donors (Lipinski definition) is 2. The van der Waals surface area contributed by atoms with E-state index in [0.717, 1.165) is 17.1 Å². The number of carbonyl (C=O) groups excluding carboxylic acids is 2. The van der Waals surface area contributed by atoms with Gasteiger partial charge in [0.1, 0.15) is 0 Å². The highest BCUT2D eigenvalue weighted by atomic mass is 35.5. The highest BCUT2D eigenvalue weighted by Gasteiger charge is 2.27. The van der Waals surface area contributed by atoms with Crippen molar-refractivity contribution in [3.63, 3.8) is 0 Å². The second kappa shape index (κ2) is 9.31. The van der Waals surface area contributed by atoms with E-state index in [2.05, 4.69) is 5.32 Å². The van der Waals surface area contributed by atoms with Crippen LogP contribution in [-0.2, 0) is 19.6 Å². The van der Waals surface area contributed by atoms with E-state index in [-0.39, 0.29) is 41.7 Å². The molecule has 1 saturated heterocycles. The van der Waals surface area contributed by atoms with Gasteiger partial charge in [0, 0.05) is 38.8 Å². The molecule has 0 aromatic heterocycles. The third-order valence-corrected chi connectivity index (χ3v) is 5.87. The zero-order valence-electron chi connectivity index (χ0n) is 14.8. The molecule has 1 heterocycles. The van der Waals surface area contributed by atoms with Crippen molar-refractivity contribution >= 4 is 39.9 Å². The van der Waals surface area contributed by atoms with Crippen LogP contribution in [0.2, 0.25) is 0 Å². The van der Waals surface area contributed by atoms with Crippen LogP contribution in [0.25, 0.3) is 0 Å². The number of nitrogens with one attached hydrogen (secondary N) is 1. The summed E-state index contributed by atoms with van der Waals surface area (Å²) >= 11 is 0. The fraction of sp³-hybridized carbons (Fsp3) is 0.500. The number of sulfonamides is 1. The minimum atomic E-state index is -3.79. The first kappa shape index (κ1) is 22.4. The fourth-order valence-electron chi connectivity index (χ4n) is 2.71. The maximum Gasteiger partial charge on any atom is 0.243 e. The van der Waals surface area contributed by atoms with Gasteiger partial charge in [-0.3, -0.25) is 9.59 Å². The molecule has 1 aromatic carbocycles. The van der Waals surface area contributed by atoms with Crippen LogP contribution >= 0.6 is 12.4 Å². The van der Waals surface area contributed by atoms with Gasteiger partial charge in [0.25, 0.3) is 0 Å². The van der Waals surface area contributed by atoms with Crippen LogP contribution in [0.1, 0.15) is 19.8 Å². The summed E-state index contributed by atoms with van der Waals surface area (Å²) in [6.45, 7) is 2.20. The number of carbonyl (C=O) groups is 2. The average Bonchev–Trinajstić information content (AvgIpc) is 2.54. The topological polar surface area (TPSA) is 113 Å². The van der Waals surface area contributed by atoms with Gasteiger partial charge in [-0.15, -0.1) is 12.4 Å². The van der Waals surface area contributed by atoms with Gasteiger partial charge in [-0.1, -0.05) is 0 Å². The zero-order valence-corrected chi connectivity index (χ0v) is 16.5. The van der Waals surface area contributed by atoms with Crippen molar-refractivity contribution in [1.82, 2.24) is 9.21 Å². The van der Waals surface area contributed by atoms with Crippen LogP contribution in [0, 0.1) is 0 Å². The maximum atomic E-state index is 12.6. The number of piperidine rings is 1. The van der Waals surface area contributed by atoms with E-state index in [1.807, 2.05) is 0 Å². The summed E-state index contributed by atoms with van der Waals surface area (Å²) in [5.41, 5.74) is 6.37. The molecular weight excluding hydrogens is 380 g/mol. The van der Waals surface area contributed by atoms with Crippen molar-refractivity contribution < 1.29 is 18.0 Å². The molecule has 146 valence electrons. The quantitative estimate of drug-likeness (QED) is 0.747. The molecule has 26 heavy (non-hydrogen) atoms. The highest BCUT2D eigenvalue weighted by Crippen LogP contribution is 2.18. The Bertz CT molecular complexity index is 739. The number of benzene rings is 1. The second-order valence-electron chi connectivity index (χ2n) is 6.21. The molecule has 8 nitrogen and oxygen atoms in total. The maximum absolute atomic E-state index is 12.6. The van der Waals surface area contributed by atoms with Crippen LogP contribution in [0.5, 0.6) is 0 Å².